The van der Waals surface area contributed by atoms with Crippen molar-refractivity contribution in [1.29, 1.82) is 0 Å². The van der Waals surface area contributed by atoms with Crippen LogP contribution in [-0.4, -0.2) is 34.9 Å². The lowest BCUT2D eigenvalue weighted by Gasteiger charge is -2.19. The van der Waals surface area contributed by atoms with Gasteiger partial charge in [-0.2, -0.15) is 0 Å². The summed E-state index contributed by atoms with van der Waals surface area (Å²) in [4.78, 5) is 12.5. The SMILES string of the molecule is CCCCCCC/C=C\C/C=C\C/C=C\CCCCCCCCCCCCCCCCCCCCCCCCCCC(=O)NC(CO)C(O)/C=C/CC/C=C/CC/C=C/CCCCCCCCC. The molecule has 0 aromatic carbocycles. The molecule has 1 amide bonds. The van der Waals surface area contributed by atoms with Gasteiger partial charge in [0.15, 0.2) is 0 Å². The van der Waals surface area contributed by atoms with Gasteiger partial charge in [0.05, 0.1) is 18.8 Å². The summed E-state index contributed by atoms with van der Waals surface area (Å²) in [6, 6.07) is -0.646. The maximum atomic E-state index is 12.5. The smallest absolute Gasteiger partial charge is 0.220 e. The standard InChI is InChI=1S/C64H117NO3/c1-3-5-7-9-11-13-15-17-19-21-22-23-24-25-26-27-28-29-30-31-32-33-34-35-36-37-38-39-40-41-42-44-46-48-50-52-54-56-58-60-64(68)65-62(61-66)63(67)59-57-55-53-51-49-47-45-43-20-18-16-14-12-10-8-6-4-2/h15,17,20-22,24-25,43,49,51,57,59,62-63,66-67H,3-14,16,18-19,23,26-42,44-48,50,52-56,58,60-61H2,1-2H3,(H,65,68)/b17-15-,22-21-,25-24-,43-20+,51-49+,59-57+. The van der Waals surface area contributed by atoms with Crippen molar-refractivity contribution in [3.8, 4) is 0 Å². The zero-order valence-electron chi connectivity index (χ0n) is 45.6. The third-order valence-corrected chi connectivity index (χ3v) is 13.6. The summed E-state index contributed by atoms with van der Waals surface area (Å²) in [6.07, 6.45) is 85.2. The molecular weight excluding hydrogens is 831 g/mol. The molecule has 0 aliphatic rings. The van der Waals surface area contributed by atoms with Gasteiger partial charge in [-0.05, 0) is 83.5 Å². The predicted octanol–water partition coefficient (Wildman–Crippen LogP) is 20.1. The minimum absolute atomic E-state index is 0.0749. The van der Waals surface area contributed by atoms with E-state index in [1.54, 1.807) is 6.08 Å². The van der Waals surface area contributed by atoms with E-state index >= 15 is 0 Å². The van der Waals surface area contributed by atoms with Gasteiger partial charge >= 0.3 is 0 Å². The van der Waals surface area contributed by atoms with Crippen LogP contribution in [0.15, 0.2) is 72.9 Å². The Hall–Kier alpha value is -2.17. The van der Waals surface area contributed by atoms with E-state index in [4.69, 9.17) is 0 Å². The molecule has 0 heterocycles. The molecule has 0 fully saturated rings. The predicted molar refractivity (Wildman–Crippen MR) is 304 cm³/mol. The molecule has 0 rings (SSSR count). The van der Waals surface area contributed by atoms with E-state index in [1.165, 1.54) is 238 Å². The maximum absolute atomic E-state index is 12.5. The van der Waals surface area contributed by atoms with Crippen LogP contribution < -0.4 is 5.32 Å². The summed E-state index contributed by atoms with van der Waals surface area (Å²) in [5.74, 6) is -0.0749. The number of carbonyl (C=O) groups is 1. The van der Waals surface area contributed by atoms with Crippen molar-refractivity contribution in [2.24, 2.45) is 0 Å². The summed E-state index contributed by atoms with van der Waals surface area (Å²) in [7, 11) is 0. The number of aliphatic hydroxyl groups is 2. The fourth-order valence-electron chi connectivity index (χ4n) is 9.04. The number of hydrogen-bond acceptors (Lipinski definition) is 3. The molecule has 0 radical (unpaired) electrons. The Bertz CT molecular complexity index is 1170. The van der Waals surface area contributed by atoms with Crippen LogP contribution in [0.3, 0.4) is 0 Å². The Morgan fingerprint density at radius 1 is 0.353 bits per heavy atom. The summed E-state index contributed by atoms with van der Waals surface area (Å²) < 4.78 is 0. The summed E-state index contributed by atoms with van der Waals surface area (Å²) >= 11 is 0. The van der Waals surface area contributed by atoms with Crippen molar-refractivity contribution in [1.82, 2.24) is 5.32 Å². The number of hydrogen-bond donors (Lipinski definition) is 3. The van der Waals surface area contributed by atoms with Crippen LogP contribution in [0.1, 0.15) is 309 Å². The zero-order chi connectivity index (χ0) is 49.2. The lowest BCUT2D eigenvalue weighted by atomic mass is 10.0. The molecule has 396 valence electrons. The zero-order valence-corrected chi connectivity index (χ0v) is 45.6. The lowest BCUT2D eigenvalue weighted by Crippen LogP contribution is -2.45. The molecule has 0 aliphatic heterocycles. The van der Waals surface area contributed by atoms with Crippen LogP contribution in [0, 0.1) is 0 Å². The Morgan fingerprint density at radius 3 is 0.956 bits per heavy atom. The Labute approximate surface area is 425 Å². The van der Waals surface area contributed by atoms with Crippen LogP contribution in [0.5, 0.6) is 0 Å². The highest BCUT2D eigenvalue weighted by Crippen LogP contribution is 2.17. The average Bonchev–Trinajstić information content (AvgIpc) is 3.34. The van der Waals surface area contributed by atoms with Gasteiger partial charge in [0.1, 0.15) is 0 Å². The van der Waals surface area contributed by atoms with Crippen molar-refractivity contribution in [2.75, 3.05) is 6.61 Å². The van der Waals surface area contributed by atoms with Crippen LogP contribution >= 0.6 is 0 Å². The molecule has 3 N–H and O–H groups in total. The van der Waals surface area contributed by atoms with Gasteiger partial charge in [0.25, 0.3) is 0 Å². The van der Waals surface area contributed by atoms with Crippen molar-refractivity contribution >= 4 is 5.91 Å². The highest BCUT2D eigenvalue weighted by atomic mass is 16.3. The summed E-state index contributed by atoms with van der Waals surface area (Å²) in [5.41, 5.74) is 0. The maximum Gasteiger partial charge on any atom is 0.220 e. The number of carbonyl (C=O) groups excluding carboxylic acids is 1. The molecule has 0 saturated carbocycles. The van der Waals surface area contributed by atoms with E-state index < -0.39 is 12.1 Å². The van der Waals surface area contributed by atoms with Crippen LogP contribution in [0.2, 0.25) is 0 Å². The van der Waals surface area contributed by atoms with E-state index in [0.717, 1.165) is 51.4 Å². The lowest BCUT2D eigenvalue weighted by molar-refractivity contribution is -0.123. The molecule has 0 bridgehead atoms. The highest BCUT2D eigenvalue weighted by molar-refractivity contribution is 5.76. The van der Waals surface area contributed by atoms with E-state index in [1.807, 2.05) is 6.08 Å². The molecule has 4 nitrogen and oxygen atoms in total. The third kappa shape index (κ3) is 54.8. The first kappa shape index (κ1) is 65.8. The number of nitrogens with one attached hydrogen (secondary N) is 1. The topological polar surface area (TPSA) is 69.6 Å². The normalized spacial score (nSPS) is 13.3. The van der Waals surface area contributed by atoms with Gasteiger partial charge in [-0.3, -0.25) is 4.79 Å². The average molecular weight is 949 g/mol. The second kappa shape index (κ2) is 59.1. The van der Waals surface area contributed by atoms with Crippen LogP contribution in [-0.2, 0) is 4.79 Å². The van der Waals surface area contributed by atoms with Gasteiger partial charge in [0.2, 0.25) is 5.91 Å². The first-order valence-electron chi connectivity index (χ1n) is 30.2. The van der Waals surface area contributed by atoms with Gasteiger partial charge < -0.3 is 15.5 Å². The third-order valence-electron chi connectivity index (χ3n) is 13.6. The quantitative estimate of drug-likeness (QED) is 0.0420. The van der Waals surface area contributed by atoms with Gasteiger partial charge in [-0.15, -0.1) is 0 Å². The first-order chi connectivity index (χ1) is 33.7. The molecule has 4 heteroatoms. The molecule has 0 aromatic rings. The second-order valence-corrected chi connectivity index (χ2v) is 20.4. The van der Waals surface area contributed by atoms with Gasteiger partial charge in [0, 0.05) is 6.42 Å². The molecule has 0 aliphatic carbocycles. The first-order valence-corrected chi connectivity index (χ1v) is 30.2. The fraction of sp³-hybridized carbons (Fsp3) is 0.797. The Kier molecular flexibility index (Phi) is 57.3. The van der Waals surface area contributed by atoms with Crippen LogP contribution in [0.25, 0.3) is 0 Å². The number of aliphatic hydroxyl groups excluding tert-OH is 2. The number of amides is 1. The van der Waals surface area contributed by atoms with Crippen molar-refractivity contribution in [3.63, 3.8) is 0 Å². The molecule has 0 aromatic heterocycles. The minimum atomic E-state index is -0.871. The monoisotopic (exact) mass is 948 g/mol. The van der Waals surface area contributed by atoms with Gasteiger partial charge in [-0.25, -0.2) is 0 Å². The van der Waals surface area contributed by atoms with E-state index in [2.05, 4.69) is 79.9 Å². The van der Waals surface area contributed by atoms with Crippen molar-refractivity contribution < 1.29 is 15.0 Å². The Morgan fingerprint density at radius 2 is 0.618 bits per heavy atom. The number of allylic oxidation sites excluding steroid dienone is 11. The molecular formula is C64H117NO3. The Balaban J connectivity index is 3.45. The highest BCUT2D eigenvalue weighted by Gasteiger charge is 2.18. The molecule has 2 atom stereocenters. The number of unbranched alkanes of at least 4 members (excludes halogenated alkanes) is 38. The van der Waals surface area contributed by atoms with Crippen LogP contribution in [0.4, 0.5) is 0 Å². The van der Waals surface area contributed by atoms with E-state index in [-0.39, 0.29) is 12.5 Å². The number of rotatable bonds is 55. The van der Waals surface area contributed by atoms with E-state index in [0.29, 0.717) is 6.42 Å². The fourth-order valence-corrected chi connectivity index (χ4v) is 9.04. The molecule has 2 unspecified atom stereocenters. The summed E-state index contributed by atoms with van der Waals surface area (Å²) in [6.45, 7) is 4.29. The minimum Gasteiger partial charge on any atom is -0.394 e. The van der Waals surface area contributed by atoms with Gasteiger partial charge in [-0.1, -0.05) is 292 Å². The summed E-state index contributed by atoms with van der Waals surface area (Å²) in [5, 5.41) is 23.1. The molecule has 0 saturated heterocycles. The van der Waals surface area contributed by atoms with E-state index in [9.17, 15) is 15.0 Å². The molecule has 0 spiro atoms. The molecule has 68 heavy (non-hydrogen) atoms. The largest absolute Gasteiger partial charge is 0.394 e. The van der Waals surface area contributed by atoms with Crippen molar-refractivity contribution in [3.05, 3.63) is 72.9 Å². The van der Waals surface area contributed by atoms with Crippen molar-refractivity contribution in [2.45, 2.75) is 321 Å². The second-order valence-electron chi connectivity index (χ2n) is 20.4.